The first-order valence-corrected chi connectivity index (χ1v) is 20.8. The van der Waals surface area contributed by atoms with Crippen LogP contribution in [0.1, 0.15) is 123 Å². The number of aromatic amines is 1. The molecule has 5 heterocycles. The molecule has 1 aromatic rings. The van der Waals surface area contributed by atoms with Crippen LogP contribution in [0.25, 0.3) is 18.2 Å². The zero-order valence-corrected chi connectivity index (χ0v) is 35.7. The maximum Gasteiger partial charge on any atom is 0.303 e. The second-order valence-electron chi connectivity index (χ2n) is 16.4. The number of nitrogens with one attached hydrogen (secondary N) is 1. The molecule has 8 bridgehead atoms. The van der Waals surface area contributed by atoms with E-state index < -0.39 is 18.0 Å². The van der Waals surface area contributed by atoms with Crippen molar-refractivity contribution >= 4 is 47.3 Å². The highest BCUT2D eigenvalue weighted by atomic mass is 16.4. The Morgan fingerprint density at radius 3 is 2.12 bits per heavy atom. The highest BCUT2D eigenvalue weighted by molar-refractivity contribution is 6.25. The summed E-state index contributed by atoms with van der Waals surface area (Å²) in [6, 6.07) is 0. The quantitative estimate of drug-likeness (QED) is 0.0733. The van der Waals surface area contributed by atoms with Crippen LogP contribution < -0.4 is 10.7 Å². The van der Waals surface area contributed by atoms with E-state index in [0.29, 0.717) is 57.7 Å². The number of aliphatic hydroxyl groups excluding tert-OH is 2. The zero-order chi connectivity index (χ0) is 43.0. The second kappa shape index (κ2) is 19.9. The third-order valence-electron chi connectivity index (χ3n) is 11.6. The Labute approximate surface area is 348 Å². The molecule has 5 rings (SSSR count). The van der Waals surface area contributed by atoms with E-state index in [9.17, 15) is 30.0 Å². The number of aliphatic hydroxyl groups is 2. The van der Waals surface area contributed by atoms with E-state index in [-0.39, 0.29) is 25.7 Å². The molecule has 10 heteroatoms. The van der Waals surface area contributed by atoms with Crippen molar-refractivity contribution < 1.29 is 30.0 Å². The van der Waals surface area contributed by atoms with Gasteiger partial charge in [-0.1, -0.05) is 55.7 Å². The largest absolute Gasteiger partial charge is 0.515 e. The van der Waals surface area contributed by atoms with E-state index in [4.69, 9.17) is 15.0 Å². The maximum absolute atomic E-state index is 11.9. The van der Waals surface area contributed by atoms with Crippen LogP contribution in [0, 0.1) is 12.8 Å². The Hall–Kier alpha value is -5.61. The van der Waals surface area contributed by atoms with Crippen molar-refractivity contribution in [2.24, 2.45) is 20.9 Å². The number of aliphatic carboxylic acids is 2. The summed E-state index contributed by atoms with van der Waals surface area (Å²) in [6.07, 6.45) is 20.7. The van der Waals surface area contributed by atoms with Gasteiger partial charge in [0.25, 0.3) is 0 Å². The maximum atomic E-state index is 11.9. The highest BCUT2D eigenvalue weighted by Gasteiger charge is 2.30. The van der Waals surface area contributed by atoms with Crippen molar-refractivity contribution in [1.29, 1.82) is 0 Å². The molecule has 0 radical (unpaired) electrons. The van der Waals surface area contributed by atoms with Gasteiger partial charge in [0.1, 0.15) is 0 Å². The van der Waals surface area contributed by atoms with Crippen molar-refractivity contribution in [2.75, 3.05) is 0 Å². The number of hydrogen-bond donors (Lipinski definition) is 5. The van der Waals surface area contributed by atoms with Crippen molar-refractivity contribution in [3.63, 3.8) is 0 Å². The Balaban J connectivity index is 1.55. The molecule has 1 aromatic heterocycles. The average Bonchev–Trinajstić information content (AvgIpc) is 3.85. The van der Waals surface area contributed by atoms with Gasteiger partial charge in [0.2, 0.25) is 0 Å². The van der Waals surface area contributed by atoms with E-state index >= 15 is 0 Å². The minimum atomic E-state index is -0.996. The lowest BCUT2D eigenvalue weighted by Gasteiger charge is -2.16. The number of carboxylic acid groups (broad SMARTS) is 2. The minimum absolute atomic E-state index is 0.0888. The molecule has 0 saturated heterocycles. The summed E-state index contributed by atoms with van der Waals surface area (Å²) in [4.78, 5) is 42.0. The fourth-order valence-corrected chi connectivity index (χ4v) is 8.09. The number of allylic oxidation sites excluding steroid dienone is 11. The zero-order valence-electron chi connectivity index (χ0n) is 35.7. The number of carboxylic acids is 2. The molecule has 2 unspecified atom stereocenters. The molecule has 4 aliphatic rings. The summed E-state index contributed by atoms with van der Waals surface area (Å²) < 4.78 is 0. The van der Waals surface area contributed by atoms with Gasteiger partial charge in [-0.05, 0) is 145 Å². The van der Waals surface area contributed by atoms with Crippen LogP contribution in [0.3, 0.4) is 0 Å². The molecule has 10 nitrogen and oxygen atoms in total. The molecule has 0 saturated carbocycles. The SMILES string of the molecule is C=Cc1c(C)c2[nH]c1=CC1=NC(=CC3=C(CCC(=O)O)/C(=C/O)C(=N3)C=C3N=C(C=2)C(C(O)CCCC(C)CC/C=C(\C)CCC=C(C)C)=C3C)C(CCC(=O)O)=C1C. The number of carbonyl (C=O) groups is 2. The summed E-state index contributed by atoms with van der Waals surface area (Å²) in [5, 5.41) is 43.3. The molecule has 2 atom stereocenters. The number of hydrogen-bond acceptors (Lipinski definition) is 7. The van der Waals surface area contributed by atoms with Crippen molar-refractivity contribution in [2.45, 2.75) is 125 Å². The molecular formula is C49H60N4O6. The molecule has 312 valence electrons. The third-order valence-corrected chi connectivity index (χ3v) is 11.6. The Kier molecular flexibility index (Phi) is 15.0. The van der Waals surface area contributed by atoms with Crippen LogP contribution in [0.4, 0.5) is 0 Å². The lowest BCUT2D eigenvalue weighted by molar-refractivity contribution is -0.137. The summed E-state index contributed by atoms with van der Waals surface area (Å²) in [5.41, 5.74) is 11.7. The van der Waals surface area contributed by atoms with Crippen LogP contribution in [0.15, 0.2) is 114 Å². The first-order valence-electron chi connectivity index (χ1n) is 20.8. The summed E-state index contributed by atoms with van der Waals surface area (Å²) >= 11 is 0. The van der Waals surface area contributed by atoms with Gasteiger partial charge in [0, 0.05) is 40.2 Å². The molecule has 0 aromatic carbocycles. The van der Waals surface area contributed by atoms with E-state index in [2.05, 4.69) is 51.4 Å². The van der Waals surface area contributed by atoms with Gasteiger partial charge in [0.15, 0.2) is 0 Å². The molecule has 0 amide bonds. The van der Waals surface area contributed by atoms with Gasteiger partial charge >= 0.3 is 11.9 Å². The highest BCUT2D eigenvalue weighted by Crippen LogP contribution is 2.38. The molecular weight excluding hydrogens is 741 g/mol. The topological polar surface area (TPSA) is 168 Å². The van der Waals surface area contributed by atoms with Gasteiger partial charge < -0.3 is 25.4 Å². The fraction of sp³-hybridized carbons (Fsp3) is 0.408. The minimum Gasteiger partial charge on any atom is -0.515 e. The molecule has 5 N–H and O–H groups in total. The normalized spacial score (nSPS) is 18.2. The van der Waals surface area contributed by atoms with Crippen molar-refractivity contribution in [3.05, 3.63) is 121 Å². The molecule has 0 spiro atoms. The van der Waals surface area contributed by atoms with Crippen LogP contribution >= 0.6 is 0 Å². The summed E-state index contributed by atoms with van der Waals surface area (Å²) in [6.45, 7) is 18.7. The van der Waals surface area contributed by atoms with Gasteiger partial charge in [-0.15, -0.1) is 0 Å². The Morgan fingerprint density at radius 2 is 1.46 bits per heavy atom. The van der Waals surface area contributed by atoms with Crippen molar-refractivity contribution in [1.82, 2.24) is 4.98 Å². The number of aromatic nitrogens is 1. The van der Waals surface area contributed by atoms with E-state index in [0.717, 1.165) is 88.9 Å². The van der Waals surface area contributed by atoms with Gasteiger partial charge in [-0.25, -0.2) is 15.0 Å². The summed E-state index contributed by atoms with van der Waals surface area (Å²) in [7, 11) is 0. The van der Waals surface area contributed by atoms with Crippen LogP contribution in [-0.2, 0) is 9.59 Å². The number of nitrogens with zero attached hydrogens (tertiary/aromatic N) is 3. The van der Waals surface area contributed by atoms with Crippen LogP contribution in [-0.4, -0.2) is 60.6 Å². The smallest absolute Gasteiger partial charge is 0.303 e. The molecule has 0 fully saturated rings. The fourth-order valence-electron chi connectivity index (χ4n) is 8.09. The van der Waals surface area contributed by atoms with Gasteiger partial charge in [-0.3, -0.25) is 9.59 Å². The Morgan fingerprint density at radius 1 is 0.780 bits per heavy atom. The molecule has 59 heavy (non-hydrogen) atoms. The van der Waals surface area contributed by atoms with Crippen LogP contribution in [0.2, 0.25) is 0 Å². The standard InChI is InChI=1S/C49H60N4O6/c1-9-34-31(6)39-25-45-49(46(55)18-12-17-30(5)16-11-15-29(4)14-10-13-28(2)3)33(8)40(52-45)24-44-37(27-54)36(20-22-48(58)59)43(53-44)26-42-35(19-21-47(56)57)32(7)38(51-42)23-41(34)50-39/h9,13,15,23-27,30,46,50,54-55H,1,10-12,14,16-22H2,2-8H3,(H,56,57)(H,58,59)/b29-15+,37-27-,39-25?,40-24?,41-23?,42-26?. The first kappa shape index (κ1) is 44.5. The van der Waals surface area contributed by atoms with Gasteiger partial charge in [-0.2, -0.15) is 0 Å². The first-order chi connectivity index (χ1) is 28.1. The number of rotatable bonds is 18. The lowest BCUT2D eigenvalue weighted by Crippen LogP contribution is -2.20. The van der Waals surface area contributed by atoms with Gasteiger partial charge in [0.05, 0.1) is 46.6 Å². The number of fused-ring (bicyclic) bond motifs is 5. The van der Waals surface area contributed by atoms with E-state index in [1.807, 2.05) is 32.9 Å². The Bertz CT molecular complexity index is 2380. The van der Waals surface area contributed by atoms with E-state index in [1.165, 1.54) is 11.1 Å². The van der Waals surface area contributed by atoms with E-state index in [1.54, 1.807) is 18.2 Å². The monoisotopic (exact) mass is 800 g/mol. The van der Waals surface area contributed by atoms with Crippen LogP contribution in [0.5, 0.6) is 0 Å². The predicted octanol–water partition coefficient (Wildman–Crippen LogP) is 9.37. The molecule has 4 aliphatic heterocycles. The second-order valence-corrected chi connectivity index (χ2v) is 16.4. The predicted molar refractivity (Wildman–Crippen MR) is 240 cm³/mol. The third kappa shape index (κ3) is 10.9. The lowest BCUT2D eigenvalue weighted by atomic mass is 9.92. The average molecular weight is 801 g/mol. The molecule has 0 aliphatic carbocycles. The number of aliphatic imine (C=N–C) groups is 3. The summed E-state index contributed by atoms with van der Waals surface area (Å²) in [5.74, 6) is -1.42. The van der Waals surface area contributed by atoms with Crippen molar-refractivity contribution in [3.8, 4) is 0 Å². The number of H-pyrrole nitrogens is 1.